The monoisotopic (exact) mass is 357 g/mol. The number of aromatic nitrogens is 2. The highest BCUT2D eigenvalue weighted by Gasteiger charge is 2.07. The third-order valence-electron chi connectivity index (χ3n) is 3.94. The third kappa shape index (κ3) is 4.38. The van der Waals surface area contributed by atoms with Crippen molar-refractivity contribution in [2.75, 3.05) is 17.6 Å². The molecule has 3 rings (SSSR count). The summed E-state index contributed by atoms with van der Waals surface area (Å²) < 4.78 is 0. The van der Waals surface area contributed by atoms with Gasteiger partial charge in [0.25, 0.3) is 0 Å². The van der Waals surface area contributed by atoms with Crippen LogP contribution in [0.2, 0.25) is 0 Å². The zero-order valence-corrected chi connectivity index (χ0v) is 14.6. The molecule has 0 saturated heterocycles. The van der Waals surface area contributed by atoms with Gasteiger partial charge in [0.05, 0.1) is 23.0 Å². The smallest absolute Gasteiger partial charge is 0.150 e. The Labute approximate surface area is 157 Å². The lowest BCUT2D eigenvalue weighted by atomic mass is 10.1. The number of hydrogen-bond acceptors (Lipinski definition) is 7. The highest BCUT2D eigenvalue weighted by Crippen LogP contribution is 2.21. The first kappa shape index (κ1) is 17.9. The second-order valence-corrected chi connectivity index (χ2v) is 5.80. The minimum Gasteiger partial charge on any atom is -0.396 e. The van der Waals surface area contributed by atoms with Crippen molar-refractivity contribution in [1.82, 2.24) is 15.3 Å². The Balaban J connectivity index is 1.78. The van der Waals surface area contributed by atoms with Gasteiger partial charge in [-0.05, 0) is 35.9 Å². The Morgan fingerprint density at radius 1 is 1.26 bits per heavy atom. The van der Waals surface area contributed by atoms with Gasteiger partial charge in [-0.15, -0.1) is 0 Å². The molecular formula is C20H19N7. The molecule has 0 bridgehead atoms. The van der Waals surface area contributed by atoms with Gasteiger partial charge < -0.3 is 21.8 Å². The van der Waals surface area contributed by atoms with Crippen molar-refractivity contribution in [3.05, 3.63) is 66.1 Å². The third-order valence-corrected chi connectivity index (χ3v) is 3.94. The molecule has 2 heterocycles. The molecule has 5 N–H and O–H groups in total. The molecule has 0 amide bonds. The number of fused-ring (bicyclic) bond motifs is 1. The number of anilines is 2. The lowest BCUT2D eigenvalue weighted by molar-refractivity contribution is 0.996. The summed E-state index contributed by atoms with van der Waals surface area (Å²) in [5.41, 5.74) is 9.75. The number of allylic oxidation sites excluding steroid dienone is 1. The Hall–Kier alpha value is -3.92. The van der Waals surface area contributed by atoms with E-state index < -0.39 is 0 Å². The number of pyridine rings is 2. The van der Waals surface area contributed by atoms with E-state index >= 15 is 0 Å². The molecule has 0 saturated carbocycles. The Bertz CT molecular complexity index is 1030. The van der Waals surface area contributed by atoms with Gasteiger partial charge in [-0.1, -0.05) is 12.1 Å². The van der Waals surface area contributed by atoms with Gasteiger partial charge in [0.2, 0.25) is 0 Å². The van der Waals surface area contributed by atoms with Gasteiger partial charge >= 0.3 is 0 Å². The fourth-order valence-electron chi connectivity index (χ4n) is 2.59. The molecule has 7 heteroatoms. The van der Waals surface area contributed by atoms with Crippen molar-refractivity contribution >= 4 is 34.2 Å². The van der Waals surface area contributed by atoms with Crippen molar-refractivity contribution in [1.29, 1.82) is 10.7 Å². The maximum atomic E-state index is 8.60. The van der Waals surface area contributed by atoms with Crippen LogP contribution in [0.15, 0.2) is 54.9 Å². The molecule has 0 aliphatic carbocycles. The molecule has 0 spiro atoms. The van der Waals surface area contributed by atoms with E-state index in [9.17, 15) is 0 Å². The second kappa shape index (κ2) is 8.45. The lowest BCUT2D eigenvalue weighted by Crippen LogP contribution is -2.09. The van der Waals surface area contributed by atoms with Crippen LogP contribution in [0, 0.1) is 16.7 Å². The molecular weight excluding hydrogens is 338 g/mol. The minimum atomic E-state index is 0.161. The van der Waals surface area contributed by atoms with Crippen LogP contribution in [0.4, 0.5) is 11.5 Å². The van der Waals surface area contributed by atoms with Gasteiger partial charge in [0, 0.05) is 36.1 Å². The van der Waals surface area contributed by atoms with E-state index in [4.69, 9.17) is 16.4 Å². The summed E-state index contributed by atoms with van der Waals surface area (Å²) in [6.07, 6.45) is 4.55. The summed E-state index contributed by atoms with van der Waals surface area (Å²) in [5.74, 6) is 0.548. The number of nitrogen functional groups attached to an aromatic ring is 1. The number of rotatable bonds is 7. The summed E-state index contributed by atoms with van der Waals surface area (Å²) in [6.45, 7) is 0.718. The normalized spacial score (nSPS) is 11.0. The molecule has 7 nitrogen and oxygen atoms in total. The molecule has 0 radical (unpaired) electrons. The highest BCUT2D eigenvalue weighted by molar-refractivity contribution is 6.07. The van der Waals surface area contributed by atoms with Gasteiger partial charge in [0.15, 0.2) is 0 Å². The largest absolute Gasteiger partial charge is 0.396 e. The molecule has 0 aliphatic heterocycles. The molecule has 0 fully saturated rings. The summed E-state index contributed by atoms with van der Waals surface area (Å²) >= 11 is 0. The molecule has 0 aliphatic rings. The van der Waals surface area contributed by atoms with Crippen molar-refractivity contribution in [3.8, 4) is 6.07 Å². The fourth-order valence-corrected chi connectivity index (χ4v) is 2.59. The van der Waals surface area contributed by atoms with E-state index in [-0.39, 0.29) is 6.54 Å². The number of nitriles is 1. The molecule has 1 aromatic carbocycles. The van der Waals surface area contributed by atoms with E-state index in [1.54, 1.807) is 24.5 Å². The number of nitrogens with one attached hydrogen (secondary N) is 3. The first-order chi connectivity index (χ1) is 13.2. The van der Waals surface area contributed by atoms with Gasteiger partial charge in [-0.25, -0.2) is 4.98 Å². The van der Waals surface area contributed by atoms with Crippen molar-refractivity contribution in [2.24, 2.45) is 0 Å². The van der Waals surface area contributed by atoms with Crippen molar-refractivity contribution < 1.29 is 0 Å². The van der Waals surface area contributed by atoms with Crippen LogP contribution >= 0.6 is 0 Å². The van der Waals surface area contributed by atoms with E-state index in [1.165, 1.54) is 6.21 Å². The fraction of sp³-hybridized carbons (Fsp3) is 0.100. The Morgan fingerprint density at radius 2 is 2.15 bits per heavy atom. The van der Waals surface area contributed by atoms with Crippen LogP contribution < -0.4 is 16.4 Å². The second-order valence-electron chi connectivity index (χ2n) is 5.80. The van der Waals surface area contributed by atoms with Crippen LogP contribution in [-0.2, 0) is 6.54 Å². The highest BCUT2D eigenvalue weighted by atomic mass is 15.0. The average molecular weight is 357 g/mol. The molecule has 134 valence electrons. The van der Waals surface area contributed by atoms with Crippen molar-refractivity contribution in [2.45, 2.75) is 6.54 Å². The van der Waals surface area contributed by atoms with E-state index in [2.05, 4.69) is 26.7 Å². The van der Waals surface area contributed by atoms with Gasteiger partial charge in [-0.2, -0.15) is 5.26 Å². The van der Waals surface area contributed by atoms with Crippen LogP contribution in [-0.4, -0.2) is 22.7 Å². The quantitative estimate of drug-likeness (QED) is 0.293. The number of hydrogen-bond donors (Lipinski definition) is 4. The Morgan fingerprint density at radius 3 is 2.96 bits per heavy atom. The van der Waals surface area contributed by atoms with Crippen molar-refractivity contribution in [3.63, 3.8) is 0 Å². The van der Waals surface area contributed by atoms with E-state index in [1.807, 2.05) is 30.3 Å². The van der Waals surface area contributed by atoms with Crippen LogP contribution in [0.25, 0.3) is 16.5 Å². The van der Waals surface area contributed by atoms with Gasteiger partial charge in [-0.3, -0.25) is 4.98 Å². The predicted molar refractivity (Wildman–Crippen MR) is 108 cm³/mol. The SMILES string of the molecule is N#CCN/C=C(\C=N)c1ccc(N)c(NCc2ccc3ncccc3c2)n1. The summed E-state index contributed by atoms with van der Waals surface area (Å²) in [4.78, 5) is 8.83. The number of nitrogens with two attached hydrogens (primary N) is 1. The molecule has 3 aromatic rings. The van der Waals surface area contributed by atoms with E-state index in [0.29, 0.717) is 29.3 Å². The maximum Gasteiger partial charge on any atom is 0.150 e. The molecule has 0 unspecified atom stereocenters. The summed E-state index contributed by atoms with van der Waals surface area (Å²) in [5, 5.41) is 23.3. The minimum absolute atomic E-state index is 0.161. The lowest BCUT2D eigenvalue weighted by Gasteiger charge is -2.11. The Kier molecular flexibility index (Phi) is 5.60. The number of nitrogens with zero attached hydrogens (tertiary/aromatic N) is 3. The standard InChI is InChI=1S/C20H19N7/c21-7-9-24-13-16(11-22)19-6-4-17(23)20(27-19)26-12-14-3-5-18-15(10-14)2-1-8-25-18/h1-6,8,10-11,13,22,24H,9,12,23H2,(H,26,27)/b16-13+,22-11?. The number of benzene rings is 1. The maximum absolute atomic E-state index is 8.60. The zero-order valence-electron chi connectivity index (χ0n) is 14.6. The summed E-state index contributed by atoms with van der Waals surface area (Å²) in [6, 6.07) is 15.5. The van der Waals surface area contributed by atoms with Crippen LogP contribution in [0.5, 0.6) is 0 Å². The van der Waals surface area contributed by atoms with Crippen LogP contribution in [0.3, 0.4) is 0 Å². The summed E-state index contributed by atoms with van der Waals surface area (Å²) in [7, 11) is 0. The molecule has 2 aromatic heterocycles. The zero-order chi connectivity index (χ0) is 19.1. The first-order valence-electron chi connectivity index (χ1n) is 8.36. The van der Waals surface area contributed by atoms with E-state index in [0.717, 1.165) is 16.5 Å². The van der Waals surface area contributed by atoms with Crippen LogP contribution in [0.1, 0.15) is 11.3 Å². The molecule has 27 heavy (non-hydrogen) atoms. The topological polar surface area (TPSA) is 124 Å². The predicted octanol–water partition coefficient (Wildman–Crippen LogP) is 2.93. The molecule has 0 atom stereocenters. The van der Waals surface area contributed by atoms with Gasteiger partial charge in [0.1, 0.15) is 12.4 Å². The average Bonchev–Trinajstić information content (AvgIpc) is 2.71. The first-order valence-corrected chi connectivity index (χ1v) is 8.36.